The van der Waals surface area contributed by atoms with Gasteiger partial charge in [-0.25, -0.2) is 0 Å². The van der Waals surface area contributed by atoms with Crippen LogP contribution in [0, 0.1) is 0 Å². The van der Waals surface area contributed by atoms with Crippen molar-refractivity contribution in [3.05, 3.63) is 30.3 Å². The Hall–Kier alpha value is -0.630. The smallest absolute Gasteiger partial charge is 0.136 e. The van der Waals surface area contributed by atoms with Crippen LogP contribution in [-0.2, 0) is 0 Å². The summed E-state index contributed by atoms with van der Waals surface area (Å²) in [6, 6.07) is 9.40. The summed E-state index contributed by atoms with van der Waals surface area (Å²) in [5.41, 5.74) is 0. The van der Waals surface area contributed by atoms with E-state index in [9.17, 15) is 0 Å². The molecule has 2 heteroatoms. The van der Waals surface area contributed by atoms with Crippen molar-refractivity contribution in [2.24, 2.45) is 0 Å². The third kappa shape index (κ3) is 2.42. The molecule has 0 N–H and O–H groups in total. The third-order valence-electron chi connectivity index (χ3n) is 0.849. The molecule has 1 nitrogen and oxygen atoms in total. The van der Waals surface area contributed by atoms with Gasteiger partial charge in [-0.1, -0.05) is 25.6 Å². The lowest BCUT2D eigenvalue weighted by Crippen LogP contribution is -1.69. The van der Waals surface area contributed by atoms with Gasteiger partial charge in [-0.05, 0) is 12.1 Å². The first-order chi connectivity index (χ1) is 3.93. The number of hydrogen-bond donors (Lipinski definition) is 1. The molecule has 0 unspecified atom stereocenters. The predicted molar refractivity (Wildman–Crippen MR) is 42.8 cm³/mol. The van der Waals surface area contributed by atoms with Gasteiger partial charge in [-0.3, -0.25) is 0 Å². The van der Waals surface area contributed by atoms with E-state index in [1.165, 1.54) is 0 Å². The minimum absolute atomic E-state index is 0. The van der Waals surface area contributed by atoms with Crippen LogP contribution in [0.25, 0.3) is 0 Å². The largest absolute Gasteiger partial charge is 0.429 e. The van der Waals surface area contributed by atoms with E-state index in [1.807, 2.05) is 30.3 Å². The Morgan fingerprint density at radius 3 is 2.00 bits per heavy atom. The van der Waals surface area contributed by atoms with E-state index in [4.69, 9.17) is 0 Å². The number of hydrogen-bond acceptors (Lipinski definition) is 2. The highest BCUT2D eigenvalue weighted by Crippen LogP contribution is 2.08. The maximum Gasteiger partial charge on any atom is 0.136 e. The molecule has 1 aromatic carbocycles. The van der Waals surface area contributed by atoms with Crippen LogP contribution in [-0.4, -0.2) is 0 Å². The Labute approximate surface area is 61.3 Å². The van der Waals surface area contributed by atoms with Crippen molar-refractivity contribution in [2.75, 3.05) is 0 Å². The van der Waals surface area contributed by atoms with Crippen molar-refractivity contribution in [2.45, 2.75) is 7.43 Å². The van der Waals surface area contributed by atoms with Crippen molar-refractivity contribution < 1.29 is 4.18 Å². The SMILES string of the molecule is C.SOc1ccccc1. The Balaban J connectivity index is 0.000000640. The summed E-state index contributed by atoms with van der Waals surface area (Å²) in [5.74, 6) is 0.774. The van der Waals surface area contributed by atoms with Crippen LogP contribution < -0.4 is 4.18 Å². The maximum absolute atomic E-state index is 4.61. The molecule has 0 radical (unpaired) electrons. The standard InChI is InChI=1S/C6H6OS.CH4/c8-7-6-4-2-1-3-5-6;/h1-5,8H;1H4. The summed E-state index contributed by atoms with van der Waals surface area (Å²) in [5, 5.41) is 0. The van der Waals surface area contributed by atoms with Crippen LogP contribution in [0.3, 0.4) is 0 Å². The Bertz CT molecular complexity index is 150. The lowest BCUT2D eigenvalue weighted by Gasteiger charge is -1.91. The van der Waals surface area contributed by atoms with Crippen molar-refractivity contribution in [1.82, 2.24) is 0 Å². The third-order valence-corrected chi connectivity index (χ3v) is 1.06. The van der Waals surface area contributed by atoms with E-state index in [1.54, 1.807) is 0 Å². The molecule has 0 saturated carbocycles. The van der Waals surface area contributed by atoms with E-state index in [0.29, 0.717) is 0 Å². The lowest BCUT2D eigenvalue weighted by molar-refractivity contribution is 0.659. The van der Waals surface area contributed by atoms with Gasteiger partial charge in [0.05, 0.1) is 0 Å². The molecular weight excluding hydrogens is 132 g/mol. The fourth-order valence-electron chi connectivity index (χ4n) is 0.481. The minimum Gasteiger partial charge on any atom is -0.429 e. The molecular formula is C7H10OS. The average molecular weight is 142 g/mol. The molecule has 0 aliphatic carbocycles. The molecule has 0 aliphatic rings. The Morgan fingerprint density at radius 2 is 1.67 bits per heavy atom. The van der Waals surface area contributed by atoms with Crippen LogP contribution in [0.1, 0.15) is 7.43 Å². The highest BCUT2D eigenvalue weighted by molar-refractivity contribution is 7.75. The first kappa shape index (κ1) is 8.37. The summed E-state index contributed by atoms with van der Waals surface area (Å²) in [6.07, 6.45) is 0. The van der Waals surface area contributed by atoms with Crippen LogP contribution in [0.4, 0.5) is 0 Å². The molecule has 0 fully saturated rings. The van der Waals surface area contributed by atoms with E-state index >= 15 is 0 Å². The summed E-state index contributed by atoms with van der Waals surface area (Å²) in [7, 11) is 0. The normalized spacial score (nSPS) is 7.67. The molecule has 0 spiro atoms. The van der Waals surface area contributed by atoms with Crippen molar-refractivity contribution >= 4 is 12.9 Å². The van der Waals surface area contributed by atoms with Gasteiger partial charge >= 0.3 is 0 Å². The fourth-order valence-corrected chi connectivity index (χ4v) is 0.603. The molecule has 1 aromatic rings. The highest BCUT2D eigenvalue weighted by atomic mass is 32.1. The van der Waals surface area contributed by atoms with Crippen molar-refractivity contribution in [1.29, 1.82) is 0 Å². The van der Waals surface area contributed by atoms with Crippen molar-refractivity contribution in [3.63, 3.8) is 0 Å². The van der Waals surface area contributed by atoms with E-state index in [-0.39, 0.29) is 7.43 Å². The second kappa shape index (κ2) is 4.27. The van der Waals surface area contributed by atoms with E-state index in [0.717, 1.165) is 5.75 Å². The molecule has 0 atom stereocenters. The zero-order valence-electron chi connectivity index (χ0n) is 4.24. The molecule has 1 rings (SSSR count). The van der Waals surface area contributed by atoms with Crippen LogP contribution >= 0.6 is 12.9 Å². The topological polar surface area (TPSA) is 9.23 Å². The Kier molecular flexibility index (Phi) is 3.97. The van der Waals surface area contributed by atoms with Gasteiger partial charge in [0.25, 0.3) is 0 Å². The van der Waals surface area contributed by atoms with Gasteiger partial charge in [0.2, 0.25) is 0 Å². The quantitative estimate of drug-likeness (QED) is 0.468. The Morgan fingerprint density at radius 1 is 1.11 bits per heavy atom. The summed E-state index contributed by atoms with van der Waals surface area (Å²) >= 11 is 3.61. The zero-order chi connectivity index (χ0) is 5.82. The summed E-state index contributed by atoms with van der Waals surface area (Å²) in [4.78, 5) is 0. The van der Waals surface area contributed by atoms with Gasteiger partial charge in [0.15, 0.2) is 0 Å². The molecule has 50 valence electrons. The molecule has 0 aliphatic heterocycles. The van der Waals surface area contributed by atoms with Gasteiger partial charge in [0.1, 0.15) is 5.75 Å². The van der Waals surface area contributed by atoms with Crippen LogP contribution in [0.5, 0.6) is 5.75 Å². The molecule has 9 heavy (non-hydrogen) atoms. The molecule has 0 aromatic heterocycles. The minimum atomic E-state index is 0. The number of rotatable bonds is 1. The van der Waals surface area contributed by atoms with Gasteiger partial charge < -0.3 is 4.18 Å². The van der Waals surface area contributed by atoms with E-state index in [2.05, 4.69) is 17.1 Å². The number of benzene rings is 1. The van der Waals surface area contributed by atoms with Crippen LogP contribution in [0.15, 0.2) is 30.3 Å². The summed E-state index contributed by atoms with van der Waals surface area (Å²) in [6.45, 7) is 0. The first-order valence-electron chi connectivity index (χ1n) is 2.30. The molecule has 0 amide bonds. The second-order valence-electron chi connectivity index (χ2n) is 1.40. The van der Waals surface area contributed by atoms with Crippen LogP contribution in [0.2, 0.25) is 0 Å². The monoisotopic (exact) mass is 142 g/mol. The number of thiol groups is 1. The lowest BCUT2D eigenvalue weighted by atomic mass is 10.3. The van der Waals surface area contributed by atoms with Gasteiger partial charge in [-0.2, -0.15) is 0 Å². The summed E-state index contributed by atoms with van der Waals surface area (Å²) < 4.78 is 4.61. The van der Waals surface area contributed by atoms with Gasteiger partial charge in [0, 0.05) is 12.9 Å². The zero-order valence-corrected chi connectivity index (χ0v) is 5.14. The second-order valence-corrected chi connectivity index (χ2v) is 1.59. The average Bonchev–Trinajstić information content (AvgIpc) is 1.90. The molecule has 0 bridgehead atoms. The van der Waals surface area contributed by atoms with E-state index < -0.39 is 0 Å². The molecule has 0 saturated heterocycles. The van der Waals surface area contributed by atoms with Gasteiger partial charge in [-0.15, -0.1) is 0 Å². The molecule has 0 heterocycles. The fraction of sp³-hybridized carbons (Fsp3) is 0.143. The number of para-hydroxylation sites is 1. The first-order valence-corrected chi connectivity index (χ1v) is 2.66. The maximum atomic E-state index is 4.61. The predicted octanol–water partition coefficient (Wildman–Crippen LogP) is 2.55. The highest BCUT2D eigenvalue weighted by Gasteiger charge is 1.81. The van der Waals surface area contributed by atoms with Crippen molar-refractivity contribution in [3.8, 4) is 5.75 Å².